The van der Waals surface area contributed by atoms with Crippen molar-refractivity contribution in [2.24, 2.45) is 10.7 Å². The van der Waals surface area contributed by atoms with Gasteiger partial charge in [0.05, 0.1) is 18.1 Å². The van der Waals surface area contributed by atoms with Crippen LogP contribution in [-0.4, -0.2) is 17.5 Å². The summed E-state index contributed by atoms with van der Waals surface area (Å²) in [5.74, 6) is 0.531. The number of nitrogens with zero attached hydrogens (tertiary/aromatic N) is 2. The van der Waals surface area contributed by atoms with Gasteiger partial charge in [0.15, 0.2) is 5.96 Å². The molecule has 11 heavy (non-hydrogen) atoms. The molecule has 0 radical (unpaired) electrons. The second-order valence-electron chi connectivity index (χ2n) is 2.33. The number of aliphatic imine (C=N–C) groups is 1. The summed E-state index contributed by atoms with van der Waals surface area (Å²) in [6.07, 6.45) is 1.84. The fourth-order valence-corrected chi connectivity index (χ4v) is 1.68. The number of hydrogen-bond donors (Lipinski definition) is 2. The molecule has 0 spiro atoms. The Morgan fingerprint density at radius 2 is 2.64 bits per heavy atom. The molecule has 4 nitrogen and oxygen atoms in total. The summed E-state index contributed by atoms with van der Waals surface area (Å²) >= 11 is 1.62. The molecule has 1 aromatic heterocycles. The number of nitrogens with one attached hydrogen (secondary N) is 1. The lowest BCUT2D eigenvalue weighted by atomic mass is 10.3. The molecule has 1 atom stereocenters. The van der Waals surface area contributed by atoms with Crippen molar-refractivity contribution in [2.75, 3.05) is 6.54 Å². The predicted molar refractivity (Wildman–Crippen MR) is 44.5 cm³/mol. The Morgan fingerprint density at radius 1 is 1.73 bits per heavy atom. The molecule has 0 fully saturated rings. The van der Waals surface area contributed by atoms with Crippen LogP contribution < -0.4 is 11.1 Å². The van der Waals surface area contributed by atoms with E-state index in [1.807, 2.05) is 11.7 Å². The van der Waals surface area contributed by atoms with Crippen molar-refractivity contribution in [3.05, 3.63) is 16.6 Å². The van der Waals surface area contributed by atoms with E-state index in [1.54, 1.807) is 11.3 Å². The molecule has 0 aliphatic carbocycles. The molecule has 2 rings (SSSR count). The maximum absolute atomic E-state index is 5.45. The van der Waals surface area contributed by atoms with E-state index in [9.17, 15) is 0 Å². The van der Waals surface area contributed by atoms with Crippen LogP contribution in [0.1, 0.15) is 10.9 Å². The quantitative estimate of drug-likeness (QED) is 0.625. The molecular weight excluding hydrogens is 160 g/mol. The average Bonchev–Trinajstić information content (AvgIpc) is 2.55. The summed E-state index contributed by atoms with van der Waals surface area (Å²) in [5, 5.41) is 3.05. The fourth-order valence-electron chi connectivity index (χ4n) is 1.02. The first-order valence-corrected chi connectivity index (χ1v) is 4.19. The standard InChI is InChI=1S/C6H8N4S/c7-6-9-1-4(10-6)5-2-8-3-11-5/h2-4H,1H2,(H3,7,9,10). The molecule has 1 aliphatic rings. The summed E-state index contributed by atoms with van der Waals surface area (Å²) in [4.78, 5) is 9.20. The lowest BCUT2D eigenvalue weighted by Crippen LogP contribution is -2.29. The summed E-state index contributed by atoms with van der Waals surface area (Å²) in [6.45, 7) is 0.730. The van der Waals surface area contributed by atoms with Crippen molar-refractivity contribution >= 4 is 17.3 Å². The zero-order valence-electron chi connectivity index (χ0n) is 5.82. The second-order valence-corrected chi connectivity index (χ2v) is 3.24. The van der Waals surface area contributed by atoms with Crippen LogP contribution in [0.15, 0.2) is 16.7 Å². The Kier molecular flexibility index (Phi) is 1.50. The van der Waals surface area contributed by atoms with E-state index >= 15 is 0 Å². The second kappa shape index (κ2) is 2.50. The Labute approximate surface area is 68.2 Å². The van der Waals surface area contributed by atoms with E-state index in [0.29, 0.717) is 5.96 Å². The van der Waals surface area contributed by atoms with Gasteiger partial charge in [0.1, 0.15) is 0 Å². The van der Waals surface area contributed by atoms with Gasteiger partial charge in [-0.05, 0) is 0 Å². The lowest BCUT2D eigenvalue weighted by Gasteiger charge is -2.05. The Bertz CT molecular complexity index is 266. The molecule has 58 valence electrons. The summed E-state index contributed by atoms with van der Waals surface area (Å²) < 4.78 is 0. The highest BCUT2D eigenvalue weighted by atomic mass is 32.1. The smallest absolute Gasteiger partial charge is 0.189 e. The van der Waals surface area contributed by atoms with Crippen molar-refractivity contribution in [1.29, 1.82) is 0 Å². The van der Waals surface area contributed by atoms with Gasteiger partial charge in [-0.2, -0.15) is 0 Å². The summed E-state index contributed by atoms with van der Waals surface area (Å²) in [7, 11) is 0. The van der Waals surface area contributed by atoms with Gasteiger partial charge >= 0.3 is 0 Å². The van der Waals surface area contributed by atoms with Gasteiger partial charge in [0, 0.05) is 11.1 Å². The lowest BCUT2D eigenvalue weighted by molar-refractivity contribution is 0.720. The van der Waals surface area contributed by atoms with Gasteiger partial charge in [-0.1, -0.05) is 0 Å². The van der Waals surface area contributed by atoms with E-state index in [-0.39, 0.29) is 6.04 Å². The highest BCUT2D eigenvalue weighted by Crippen LogP contribution is 2.19. The molecule has 1 unspecified atom stereocenters. The van der Waals surface area contributed by atoms with Crippen molar-refractivity contribution in [1.82, 2.24) is 10.3 Å². The third kappa shape index (κ3) is 1.19. The summed E-state index contributed by atoms with van der Waals surface area (Å²) in [5.41, 5.74) is 7.27. The first-order valence-electron chi connectivity index (χ1n) is 3.31. The molecule has 0 saturated heterocycles. The molecule has 5 heteroatoms. The minimum absolute atomic E-state index is 0.252. The first-order chi connectivity index (χ1) is 5.36. The van der Waals surface area contributed by atoms with Gasteiger partial charge in [-0.25, -0.2) is 0 Å². The predicted octanol–water partition coefficient (Wildman–Crippen LogP) is 0.102. The molecule has 3 N–H and O–H groups in total. The van der Waals surface area contributed by atoms with Gasteiger partial charge in [0.25, 0.3) is 0 Å². The van der Waals surface area contributed by atoms with Crippen molar-refractivity contribution < 1.29 is 0 Å². The number of nitrogens with two attached hydrogens (primary N) is 1. The van der Waals surface area contributed by atoms with Crippen LogP contribution in [0.2, 0.25) is 0 Å². The molecule has 0 bridgehead atoms. The van der Waals surface area contributed by atoms with Crippen LogP contribution in [0.3, 0.4) is 0 Å². The topological polar surface area (TPSA) is 63.3 Å². The molecular formula is C6H8N4S. The van der Waals surface area contributed by atoms with Crippen LogP contribution in [0.4, 0.5) is 0 Å². The van der Waals surface area contributed by atoms with E-state index in [0.717, 1.165) is 6.54 Å². The molecule has 0 saturated carbocycles. The number of hydrogen-bond acceptors (Lipinski definition) is 5. The van der Waals surface area contributed by atoms with Crippen LogP contribution in [0, 0.1) is 0 Å². The molecule has 0 amide bonds. The third-order valence-corrected chi connectivity index (χ3v) is 2.45. The number of guanidine groups is 1. The van der Waals surface area contributed by atoms with Crippen LogP contribution in [-0.2, 0) is 0 Å². The zero-order chi connectivity index (χ0) is 7.68. The minimum atomic E-state index is 0.252. The normalized spacial score (nSPS) is 22.9. The van der Waals surface area contributed by atoms with Gasteiger partial charge in [-0.3, -0.25) is 9.98 Å². The highest BCUT2D eigenvalue weighted by Gasteiger charge is 2.17. The summed E-state index contributed by atoms with van der Waals surface area (Å²) in [6, 6.07) is 0.252. The molecule has 2 heterocycles. The largest absolute Gasteiger partial charge is 0.370 e. The van der Waals surface area contributed by atoms with Gasteiger partial charge < -0.3 is 11.1 Å². The van der Waals surface area contributed by atoms with E-state index in [2.05, 4.69) is 15.3 Å². The van der Waals surface area contributed by atoms with Gasteiger partial charge in [-0.15, -0.1) is 11.3 Å². The average molecular weight is 168 g/mol. The Balaban J connectivity index is 2.11. The van der Waals surface area contributed by atoms with E-state index in [4.69, 9.17) is 5.73 Å². The van der Waals surface area contributed by atoms with Crippen molar-refractivity contribution in [3.63, 3.8) is 0 Å². The highest BCUT2D eigenvalue weighted by molar-refractivity contribution is 7.09. The fraction of sp³-hybridized carbons (Fsp3) is 0.333. The minimum Gasteiger partial charge on any atom is -0.370 e. The maximum atomic E-state index is 5.45. The van der Waals surface area contributed by atoms with Crippen LogP contribution in [0.5, 0.6) is 0 Å². The molecule has 1 aromatic rings. The number of aromatic nitrogens is 1. The number of thiazole rings is 1. The Morgan fingerprint density at radius 3 is 3.18 bits per heavy atom. The van der Waals surface area contributed by atoms with Gasteiger partial charge in [0.2, 0.25) is 0 Å². The van der Waals surface area contributed by atoms with E-state index in [1.165, 1.54) is 4.88 Å². The SMILES string of the molecule is NC1=NCC(c2cncs2)N1. The Hall–Kier alpha value is -1.10. The third-order valence-electron chi connectivity index (χ3n) is 1.56. The zero-order valence-corrected chi connectivity index (χ0v) is 6.64. The first kappa shape index (κ1) is 6.60. The van der Waals surface area contributed by atoms with E-state index < -0.39 is 0 Å². The van der Waals surface area contributed by atoms with Crippen LogP contribution in [0.25, 0.3) is 0 Å². The van der Waals surface area contributed by atoms with Crippen molar-refractivity contribution in [3.8, 4) is 0 Å². The number of rotatable bonds is 1. The van der Waals surface area contributed by atoms with Crippen LogP contribution >= 0.6 is 11.3 Å². The van der Waals surface area contributed by atoms with Crippen molar-refractivity contribution in [2.45, 2.75) is 6.04 Å². The molecule has 0 aromatic carbocycles. The maximum Gasteiger partial charge on any atom is 0.189 e. The molecule has 1 aliphatic heterocycles. The monoisotopic (exact) mass is 168 g/mol.